The number of aliphatic hydroxyl groups is 1. The van der Waals surface area contributed by atoms with Crippen LogP contribution in [-0.4, -0.2) is 42.7 Å². The predicted molar refractivity (Wildman–Crippen MR) is 137 cm³/mol. The Morgan fingerprint density at radius 3 is 2.67 bits per heavy atom. The van der Waals surface area contributed by atoms with E-state index in [9.17, 15) is 14.3 Å². The van der Waals surface area contributed by atoms with Gasteiger partial charge in [-0.1, -0.05) is 24.6 Å². The molecule has 5 N–H and O–H groups in total. The van der Waals surface area contributed by atoms with E-state index in [2.05, 4.69) is 27.5 Å². The molecule has 0 aliphatic heterocycles. The molecule has 0 unspecified atom stereocenters. The Morgan fingerprint density at radius 1 is 1.19 bits per heavy atom. The predicted octanol–water partition coefficient (Wildman–Crippen LogP) is 4.54. The van der Waals surface area contributed by atoms with E-state index in [0.29, 0.717) is 55.2 Å². The van der Waals surface area contributed by atoms with Gasteiger partial charge in [-0.05, 0) is 63.0 Å². The second-order valence-electron chi connectivity index (χ2n) is 10.0. The summed E-state index contributed by atoms with van der Waals surface area (Å²) >= 11 is 6.28. The van der Waals surface area contributed by atoms with Crippen LogP contribution in [-0.2, 0) is 4.79 Å². The number of primary amides is 1. The van der Waals surface area contributed by atoms with Crippen LogP contribution >= 0.6 is 11.6 Å². The van der Waals surface area contributed by atoms with Crippen LogP contribution in [0.3, 0.4) is 0 Å². The summed E-state index contributed by atoms with van der Waals surface area (Å²) in [6, 6.07) is 4.55. The molecule has 2 aliphatic rings. The van der Waals surface area contributed by atoms with Crippen LogP contribution in [0, 0.1) is 17.7 Å². The molecule has 2 heterocycles. The van der Waals surface area contributed by atoms with E-state index in [0.717, 1.165) is 12.8 Å². The summed E-state index contributed by atoms with van der Waals surface area (Å²) in [4.78, 5) is 25.6. The highest BCUT2D eigenvalue weighted by atomic mass is 35.5. The number of hydrogen-bond donors (Lipinski definition) is 4. The number of anilines is 3. The highest BCUT2D eigenvalue weighted by Crippen LogP contribution is 2.38. The van der Waals surface area contributed by atoms with Crippen molar-refractivity contribution in [3.8, 4) is 0 Å². The van der Waals surface area contributed by atoms with E-state index in [1.54, 1.807) is 18.3 Å². The van der Waals surface area contributed by atoms with Crippen molar-refractivity contribution in [2.75, 3.05) is 10.6 Å². The molecule has 1 aromatic carbocycles. The number of imidazole rings is 1. The summed E-state index contributed by atoms with van der Waals surface area (Å²) in [5.41, 5.74) is 6.84. The van der Waals surface area contributed by atoms with Crippen molar-refractivity contribution in [3.63, 3.8) is 0 Å². The molecular weight excluding hydrogens is 485 g/mol. The van der Waals surface area contributed by atoms with Gasteiger partial charge in [-0.2, -0.15) is 4.98 Å². The summed E-state index contributed by atoms with van der Waals surface area (Å²) in [7, 11) is 0. The summed E-state index contributed by atoms with van der Waals surface area (Å²) in [5.74, 6) is 0.225. The molecule has 2 saturated carbocycles. The summed E-state index contributed by atoms with van der Waals surface area (Å²) in [6.45, 7) is 2.06. The average Bonchev–Trinajstić information content (AvgIpc) is 3.21. The standard InChI is InChI=1S/C25H31ClFN7O2/c1-13-5-8-15(11-20(13)35)30-24-29-12-19-23(33-24)34(16-9-6-14(7-10-16)22(28)36)25(31-19)32-21-17(26)3-2-4-18(21)27/h2-4,12-16,20,35H,5-11H2,1H3,(H2,28,36)(H,31,32)(H,29,30,33)/t13-,14?,15-,16?,20-/m1/s1. The van der Waals surface area contributed by atoms with Crippen molar-refractivity contribution >= 4 is 46.3 Å². The molecule has 2 fully saturated rings. The molecule has 192 valence electrons. The van der Waals surface area contributed by atoms with Crippen LogP contribution in [0.5, 0.6) is 0 Å². The van der Waals surface area contributed by atoms with Crippen molar-refractivity contribution in [1.29, 1.82) is 0 Å². The molecule has 1 amide bonds. The lowest BCUT2D eigenvalue weighted by molar-refractivity contribution is -0.122. The van der Waals surface area contributed by atoms with Gasteiger partial charge in [-0.15, -0.1) is 0 Å². The van der Waals surface area contributed by atoms with E-state index in [4.69, 9.17) is 22.3 Å². The minimum Gasteiger partial charge on any atom is -0.393 e. The molecular formula is C25H31ClFN7O2. The first-order valence-electron chi connectivity index (χ1n) is 12.5. The number of fused-ring (bicyclic) bond motifs is 1. The normalized spacial score (nSPS) is 26.6. The van der Waals surface area contributed by atoms with Gasteiger partial charge < -0.3 is 21.5 Å². The minimum atomic E-state index is -0.489. The van der Waals surface area contributed by atoms with Gasteiger partial charge in [0.2, 0.25) is 17.8 Å². The smallest absolute Gasteiger partial charge is 0.224 e. The van der Waals surface area contributed by atoms with Crippen LogP contribution in [0.15, 0.2) is 24.4 Å². The number of benzene rings is 1. The van der Waals surface area contributed by atoms with E-state index in [1.807, 2.05) is 4.57 Å². The molecule has 0 radical (unpaired) electrons. The summed E-state index contributed by atoms with van der Waals surface area (Å²) < 4.78 is 16.6. The number of carbonyl (C=O) groups excluding carboxylic acids is 1. The topological polar surface area (TPSA) is 131 Å². The Hall–Kier alpha value is -2.98. The minimum absolute atomic E-state index is 0.0150. The molecule has 9 nitrogen and oxygen atoms in total. The van der Waals surface area contributed by atoms with Gasteiger partial charge >= 0.3 is 0 Å². The van der Waals surface area contributed by atoms with Gasteiger partial charge in [0.15, 0.2) is 5.65 Å². The number of carbonyl (C=O) groups is 1. The third-order valence-corrected chi connectivity index (χ3v) is 7.90. The number of aromatic nitrogens is 4. The van der Waals surface area contributed by atoms with Crippen LogP contribution in [0.25, 0.3) is 11.2 Å². The van der Waals surface area contributed by atoms with E-state index in [1.165, 1.54) is 6.07 Å². The maximum absolute atomic E-state index is 14.6. The first-order valence-corrected chi connectivity index (χ1v) is 12.9. The molecule has 0 saturated heterocycles. The molecule has 2 aromatic heterocycles. The SMILES string of the molecule is C[C@@H]1CC[C@@H](Nc2ncc3nc(Nc4c(F)cccc4Cl)n(C4CCC(C(N)=O)CC4)c3n2)C[C@H]1O. The molecule has 36 heavy (non-hydrogen) atoms. The number of amides is 1. The van der Waals surface area contributed by atoms with Crippen molar-refractivity contribution in [1.82, 2.24) is 19.5 Å². The van der Waals surface area contributed by atoms with Gasteiger partial charge in [-0.3, -0.25) is 9.36 Å². The lowest BCUT2D eigenvalue weighted by atomic mass is 9.85. The highest BCUT2D eigenvalue weighted by molar-refractivity contribution is 6.33. The fraction of sp³-hybridized carbons (Fsp3) is 0.520. The first-order chi connectivity index (χ1) is 17.3. The Balaban J connectivity index is 1.49. The number of nitrogens with two attached hydrogens (primary N) is 1. The second-order valence-corrected chi connectivity index (χ2v) is 10.4. The quantitative estimate of drug-likeness (QED) is 0.379. The Morgan fingerprint density at radius 2 is 1.97 bits per heavy atom. The van der Waals surface area contributed by atoms with Crippen molar-refractivity contribution in [2.45, 2.75) is 70.1 Å². The number of para-hydroxylation sites is 1. The van der Waals surface area contributed by atoms with Crippen LogP contribution < -0.4 is 16.4 Å². The molecule has 0 bridgehead atoms. The van der Waals surface area contributed by atoms with Crippen molar-refractivity contribution in [3.05, 3.63) is 35.2 Å². The molecule has 2 aliphatic carbocycles. The average molecular weight is 516 g/mol. The Kier molecular flexibility index (Phi) is 6.98. The molecule has 0 spiro atoms. The maximum atomic E-state index is 14.6. The van der Waals surface area contributed by atoms with E-state index < -0.39 is 5.82 Å². The third kappa shape index (κ3) is 4.97. The lowest BCUT2D eigenvalue weighted by Crippen LogP contribution is -2.35. The fourth-order valence-corrected chi connectivity index (χ4v) is 5.56. The van der Waals surface area contributed by atoms with Gasteiger partial charge in [0.05, 0.1) is 23.0 Å². The number of rotatable bonds is 6. The third-order valence-electron chi connectivity index (χ3n) is 7.58. The number of hydrogen-bond acceptors (Lipinski definition) is 7. The maximum Gasteiger partial charge on any atom is 0.224 e. The van der Waals surface area contributed by atoms with Gasteiger partial charge in [0.1, 0.15) is 11.3 Å². The molecule has 5 rings (SSSR count). The summed E-state index contributed by atoms with van der Waals surface area (Å²) in [6.07, 6.45) is 6.52. The second kappa shape index (κ2) is 10.2. The van der Waals surface area contributed by atoms with Crippen LogP contribution in [0.1, 0.15) is 57.9 Å². The molecule has 3 aromatic rings. The Labute approximate surface area is 213 Å². The Bertz CT molecular complexity index is 1240. The number of halogens is 2. The van der Waals surface area contributed by atoms with Crippen LogP contribution in [0.2, 0.25) is 5.02 Å². The van der Waals surface area contributed by atoms with Crippen LogP contribution in [0.4, 0.5) is 22.0 Å². The first kappa shape index (κ1) is 24.7. The molecule has 11 heteroatoms. The zero-order valence-corrected chi connectivity index (χ0v) is 20.9. The zero-order valence-electron chi connectivity index (χ0n) is 20.1. The highest BCUT2D eigenvalue weighted by Gasteiger charge is 2.30. The lowest BCUT2D eigenvalue weighted by Gasteiger charge is -2.31. The van der Waals surface area contributed by atoms with Gasteiger partial charge in [0.25, 0.3) is 0 Å². The number of nitrogens with one attached hydrogen (secondary N) is 2. The van der Waals surface area contributed by atoms with Crippen molar-refractivity contribution < 1.29 is 14.3 Å². The van der Waals surface area contributed by atoms with E-state index in [-0.39, 0.29) is 46.6 Å². The van der Waals surface area contributed by atoms with E-state index >= 15 is 0 Å². The van der Waals surface area contributed by atoms with Gasteiger partial charge in [-0.25, -0.2) is 14.4 Å². The zero-order chi connectivity index (χ0) is 25.4. The molecule has 3 atom stereocenters. The fourth-order valence-electron chi connectivity index (χ4n) is 5.35. The monoisotopic (exact) mass is 515 g/mol. The van der Waals surface area contributed by atoms with Crippen molar-refractivity contribution in [2.24, 2.45) is 17.6 Å². The van der Waals surface area contributed by atoms with Gasteiger partial charge in [0, 0.05) is 18.0 Å². The largest absolute Gasteiger partial charge is 0.393 e. The number of nitrogens with zero attached hydrogens (tertiary/aromatic N) is 4. The number of aliphatic hydroxyl groups excluding tert-OH is 1. The summed E-state index contributed by atoms with van der Waals surface area (Å²) in [5, 5.41) is 17.0.